The fourth-order valence-corrected chi connectivity index (χ4v) is 4.03. The van der Waals surface area contributed by atoms with Gasteiger partial charge >= 0.3 is 0 Å². The highest BCUT2D eigenvalue weighted by molar-refractivity contribution is 6.31. The quantitative estimate of drug-likeness (QED) is 0.823. The second-order valence-electron chi connectivity index (χ2n) is 6.22. The minimum Gasteiger partial charge on any atom is -0.391 e. The fraction of sp³-hybridized carbons (Fsp3) is 0.333. The number of fused-ring (bicyclic) bond motifs is 2. The van der Waals surface area contributed by atoms with Gasteiger partial charge in [0.1, 0.15) is 0 Å². The molecule has 5 heteroatoms. The van der Waals surface area contributed by atoms with Gasteiger partial charge in [-0.05, 0) is 60.5 Å². The molecule has 2 heterocycles. The molecule has 1 unspecified atom stereocenters. The SMILES string of the molecule is O[C@@H]1CCNCC1N1c2ccc(Cl)cc2Cc2cc(Cl)ccc21. The van der Waals surface area contributed by atoms with E-state index in [0.29, 0.717) is 0 Å². The van der Waals surface area contributed by atoms with Crippen LogP contribution in [0.3, 0.4) is 0 Å². The summed E-state index contributed by atoms with van der Waals surface area (Å²) in [5, 5.41) is 15.4. The van der Waals surface area contributed by atoms with Crippen molar-refractivity contribution >= 4 is 34.6 Å². The molecule has 3 nitrogen and oxygen atoms in total. The Bertz CT molecular complexity index is 698. The zero-order chi connectivity index (χ0) is 16.0. The second kappa shape index (κ2) is 5.99. The number of rotatable bonds is 1. The highest BCUT2D eigenvalue weighted by Gasteiger charge is 2.34. The lowest BCUT2D eigenvalue weighted by atomic mass is 9.91. The number of piperidine rings is 1. The third-order valence-corrected chi connectivity index (χ3v) is 5.20. The molecule has 0 aromatic heterocycles. The molecule has 2 atom stereocenters. The molecular weight excluding hydrogens is 331 g/mol. The van der Waals surface area contributed by atoms with Crippen molar-refractivity contribution in [3.8, 4) is 0 Å². The Labute approximate surface area is 145 Å². The minimum absolute atomic E-state index is 0.00361. The number of benzene rings is 2. The van der Waals surface area contributed by atoms with Crippen molar-refractivity contribution in [1.82, 2.24) is 5.32 Å². The molecule has 0 spiro atoms. The lowest BCUT2D eigenvalue weighted by molar-refractivity contribution is 0.116. The lowest BCUT2D eigenvalue weighted by Crippen LogP contribution is -2.53. The van der Waals surface area contributed by atoms with Crippen molar-refractivity contribution in [3.63, 3.8) is 0 Å². The summed E-state index contributed by atoms with van der Waals surface area (Å²) in [4.78, 5) is 2.25. The third-order valence-electron chi connectivity index (χ3n) is 4.73. The number of anilines is 2. The third kappa shape index (κ3) is 2.72. The van der Waals surface area contributed by atoms with Gasteiger partial charge < -0.3 is 15.3 Å². The highest BCUT2D eigenvalue weighted by atomic mass is 35.5. The molecule has 2 aromatic carbocycles. The normalized spacial score (nSPS) is 23.3. The van der Waals surface area contributed by atoms with E-state index in [-0.39, 0.29) is 12.1 Å². The van der Waals surface area contributed by atoms with E-state index < -0.39 is 0 Å². The first-order valence-electron chi connectivity index (χ1n) is 7.88. The van der Waals surface area contributed by atoms with Crippen LogP contribution in [0.15, 0.2) is 36.4 Å². The average Bonchev–Trinajstić information content (AvgIpc) is 2.53. The molecule has 0 saturated carbocycles. The van der Waals surface area contributed by atoms with E-state index in [4.69, 9.17) is 23.2 Å². The molecule has 1 saturated heterocycles. The molecule has 2 aliphatic heterocycles. The Kier molecular flexibility index (Phi) is 3.98. The van der Waals surface area contributed by atoms with Gasteiger partial charge in [0.05, 0.1) is 12.1 Å². The van der Waals surface area contributed by atoms with Crippen molar-refractivity contribution in [2.24, 2.45) is 0 Å². The first kappa shape index (κ1) is 15.3. The van der Waals surface area contributed by atoms with Gasteiger partial charge in [-0.15, -0.1) is 0 Å². The van der Waals surface area contributed by atoms with Gasteiger partial charge in [-0.2, -0.15) is 0 Å². The predicted octanol–water partition coefficient (Wildman–Crippen LogP) is 3.76. The van der Waals surface area contributed by atoms with Gasteiger partial charge in [0.2, 0.25) is 0 Å². The smallest absolute Gasteiger partial charge is 0.0772 e. The minimum atomic E-state index is -0.360. The Morgan fingerprint density at radius 1 is 1.00 bits per heavy atom. The van der Waals surface area contributed by atoms with Crippen LogP contribution in [0.25, 0.3) is 0 Å². The Balaban J connectivity index is 1.86. The lowest BCUT2D eigenvalue weighted by Gasteiger charge is -2.43. The standard InChI is InChI=1S/C18H18Cl2N2O/c19-13-1-3-15-11(8-13)7-12-9-14(20)2-4-16(12)22(15)17-10-21-6-5-18(17)23/h1-4,8-9,17-18,21,23H,5-7,10H2/t17?,18-/m1/s1. The monoisotopic (exact) mass is 348 g/mol. The van der Waals surface area contributed by atoms with Crippen LogP contribution in [0, 0.1) is 0 Å². The summed E-state index contributed by atoms with van der Waals surface area (Å²) in [5.41, 5.74) is 4.59. The Morgan fingerprint density at radius 2 is 1.61 bits per heavy atom. The van der Waals surface area contributed by atoms with E-state index in [1.807, 2.05) is 24.3 Å². The largest absolute Gasteiger partial charge is 0.391 e. The van der Waals surface area contributed by atoms with Crippen LogP contribution in [0.1, 0.15) is 17.5 Å². The van der Waals surface area contributed by atoms with Crippen molar-refractivity contribution < 1.29 is 5.11 Å². The topological polar surface area (TPSA) is 35.5 Å². The maximum atomic E-state index is 10.5. The van der Waals surface area contributed by atoms with E-state index in [9.17, 15) is 5.11 Å². The van der Waals surface area contributed by atoms with Crippen molar-refractivity contribution in [1.29, 1.82) is 0 Å². The van der Waals surface area contributed by atoms with Gasteiger partial charge in [-0.25, -0.2) is 0 Å². The molecule has 0 aliphatic carbocycles. The average molecular weight is 349 g/mol. The molecule has 0 radical (unpaired) electrons. The molecule has 1 fully saturated rings. The molecule has 0 bridgehead atoms. The first-order valence-corrected chi connectivity index (χ1v) is 8.64. The number of nitrogens with one attached hydrogen (secondary N) is 1. The molecular formula is C18H18Cl2N2O. The van der Waals surface area contributed by atoms with E-state index in [0.717, 1.165) is 47.4 Å². The summed E-state index contributed by atoms with van der Waals surface area (Å²) in [6.07, 6.45) is 1.20. The number of hydrogen-bond donors (Lipinski definition) is 2. The van der Waals surface area contributed by atoms with Crippen LogP contribution in [0.4, 0.5) is 11.4 Å². The van der Waals surface area contributed by atoms with Gasteiger partial charge in [0, 0.05) is 34.4 Å². The van der Waals surface area contributed by atoms with Crippen LogP contribution >= 0.6 is 23.2 Å². The van der Waals surface area contributed by atoms with Crippen LogP contribution in [0.2, 0.25) is 10.0 Å². The van der Waals surface area contributed by atoms with Gasteiger partial charge in [0.25, 0.3) is 0 Å². The predicted molar refractivity (Wildman–Crippen MR) is 95.1 cm³/mol. The highest BCUT2D eigenvalue weighted by Crippen LogP contribution is 2.42. The number of nitrogens with zero attached hydrogens (tertiary/aromatic N) is 1. The zero-order valence-corrected chi connectivity index (χ0v) is 14.1. The summed E-state index contributed by atoms with van der Waals surface area (Å²) < 4.78 is 0. The van der Waals surface area contributed by atoms with E-state index in [2.05, 4.69) is 22.3 Å². The number of halogens is 2. The van der Waals surface area contributed by atoms with E-state index in [1.54, 1.807) is 0 Å². The number of aliphatic hydroxyl groups is 1. The van der Waals surface area contributed by atoms with Gasteiger partial charge in [0.15, 0.2) is 0 Å². The van der Waals surface area contributed by atoms with Crippen molar-refractivity contribution in [2.75, 3.05) is 18.0 Å². The van der Waals surface area contributed by atoms with E-state index in [1.165, 1.54) is 11.1 Å². The molecule has 0 amide bonds. The molecule has 4 rings (SSSR count). The summed E-state index contributed by atoms with van der Waals surface area (Å²) in [6.45, 7) is 1.61. The molecule has 2 N–H and O–H groups in total. The van der Waals surface area contributed by atoms with Crippen LogP contribution < -0.4 is 10.2 Å². The maximum Gasteiger partial charge on any atom is 0.0772 e. The zero-order valence-electron chi connectivity index (χ0n) is 12.6. The van der Waals surface area contributed by atoms with Crippen LogP contribution in [0.5, 0.6) is 0 Å². The second-order valence-corrected chi connectivity index (χ2v) is 7.09. The summed E-state index contributed by atoms with van der Waals surface area (Å²) in [7, 11) is 0. The van der Waals surface area contributed by atoms with Gasteiger partial charge in [-0.3, -0.25) is 0 Å². The number of hydrogen-bond acceptors (Lipinski definition) is 3. The molecule has 120 valence electrons. The molecule has 2 aliphatic rings. The molecule has 2 aromatic rings. The fourth-order valence-electron chi connectivity index (χ4n) is 3.65. The van der Waals surface area contributed by atoms with Crippen molar-refractivity contribution in [2.45, 2.75) is 25.0 Å². The van der Waals surface area contributed by atoms with Crippen LogP contribution in [-0.2, 0) is 6.42 Å². The molecule has 23 heavy (non-hydrogen) atoms. The van der Waals surface area contributed by atoms with E-state index >= 15 is 0 Å². The van der Waals surface area contributed by atoms with Gasteiger partial charge in [-0.1, -0.05) is 23.2 Å². The summed E-state index contributed by atoms with van der Waals surface area (Å²) in [6, 6.07) is 12.0. The Hall–Kier alpha value is -1.26. The Morgan fingerprint density at radius 3 is 2.17 bits per heavy atom. The first-order chi connectivity index (χ1) is 11.1. The summed E-state index contributed by atoms with van der Waals surface area (Å²) in [5.74, 6) is 0. The van der Waals surface area contributed by atoms with Crippen LogP contribution in [-0.4, -0.2) is 30.3 Å². The number of aliphatic hydroxyl groups excluding tert-OH is 1. The summed E-state index contributed by atoms with van der Waals surface area (Å²) >= 11 is 12.4. The maximum absolute atomic E-state index is 10.5. The van der Waals surface area contributed by atoms with Crippen molar-refractivity contribution in [3.05, 3.63) is 57.6 Å².